The molecule has 0 aliphatic carbocycles. The highest BCUT2D eigenvalue weighted by Crippen LogP contribution is 2.33. The number of pyridine rings is 1. The third kappa shape index (κ3) is 8.66. The number of hydrogen-bond acceptors (Lipinski definition) is 14. The largest absolute Gasteiger partial charge is 0.488 e. The first kappa shape index (κ1) is 34.5. The maximum atomic E-state index is 13.1. The van der Waals surface area contributed by atoms with Gasteiger partial charge in [-0.2, -0.15) is 13.5 Å². The van der Waals surface area contributed by atoms with Gasteiger partial charge in [0.2, 0.25) is 0 Å². The summed E-state index contributed by atoms with van der Waals surface area (Å²) >= 11 is 1.07. The van der Waals surface area contributed by atoms with E-state index >= 15 is 0 Å². The summed E-state index contributed by atoms with van der Waals surface area (Å²) in [6.07, 6.45) is 4.75. The molecule has 2 amide bonds. The van der Waals surface area contributed by atoms with E-state index in [4.69, 9.17) is 29.8 Å². The van der Waals surface area contributed by atoms with Gasteiger partial charge in [0.25, 0.3) is 17.8 Å². The van der Waals surface area contributed by atoms with Crippen LogP contribution in [0.4, 0.5) is 5.13 Å². The molecule has 1 atom stereocenters. The Balaban J connectivity index is 0.00000113. The Morgan fingerprint density at radius 3 is 2.50 bits per heavy atom. The van der Waals surface area contributed by atoms with Crippen molar-refractivity contribution in [1.29, 1.82) is 0 Å². The first-order valence-corrected chi connectivity index (χ1v) is 16.0. The number of likely N-dealkylation sites (tertiary alicyclic amines) is 1. The number of carboxylic acid groups (broad SMARTS) is 1. The second kappa shape index (κ2) is 14.0. The van der Waals surface area contributed by atoms with E-state index in [-0.39, 0.29) is 29.8 Å². The summed E-state index contributed by atoms with van der Waals surface area (Å²) in [5.74, 6) is -1.34. The second-order valence-electron chi connectivity index (χ2n) is 11.1. The summed E-state index contributed by atoms with van der Waals surface area (Å²) in [5.41, 5.74) is 6.11. The highest BCUT2D eigenvalue weighted by molar-refractivity contribution is 7.80. The summed E-state index contributed by atoms with van der Waals surface area (Å²) in [6, 6.07) is 2.48. The van der Waals surface area contributed by atoms with Crippen LogP contribution in [-0.4, -0.2) is 111 Å². The predicted molar refractivity (Wildman–Crippen MR) is 163 cm³/mol. The zero-order valence-corrected chi connectivity index (χ0v) is 26.9. The molecule has 5 heterocycles. The molecule has 0 saturated carbocycles. The van der Waals surface area contributed by atoms with Crippen molar-refractivity contribution in [2.75, 3.05) is 39.1 Å². The van der Waals surface area contributed by atoms with Gasteiger partial charge in [-0.15, -0.1) is 15.6 Å². The van der Waals surface area contributed by atoms with E-state index in [9.17, 15) is 18.0 Å². The Morgan fingerprint density at radius 2 is 1.91 bits per heavy atom. The number of fused-ring (bicyclic) bond motifs is 1. The third-order valence-electron chi connectivity index (χ3n) is 6.81. The number of nitrogens with zero attached hydrogens (tertiary/aromatic N) is 6. The van der Waals surface area contributed by atoms with Crippen LogP contribution in [0, 0.1) is 5.92 Å². The van der Waals surface area contributed by atoms with E-state index in [0.717, 1.165) is 49.1 Å². The first-order chi connectivity index (χ1) is 21.5. The molecule has 250 valence electrons. The fraction of sp³-hybridized carbons (Fsp3) is 0.462. The maximum Gasteiger partial charge on any atom is 0.418 e. The van der Waals surface area contributed by atoms with Gasteiger partial charge in [0.05, 0.1) is 17.4 Å². The van der Waals surface area contributed by atoms with Crippen LogP contribution in [0.5, 0.6) is 5.75 Å². The number of nitrogens with one attached hydrogen (secondary N) is 1. The molecule has 1 unspecified atom stereocenters. The van der Waals surface area contributed by atoms with Gasteiger partial charge in [-0.25, -0.2) is 9.97 Å². The number of amides is 2. The highest BCUT2D eigenvalue weighted by Gasteiger charge is 2.58. The van der Waals surface area contributed by atoms with Crippen molar-refractivity contribution in [3.8, 4) is 5.75 Å². The zero-order valence-electron chi connectivity index (χ0n) is 25.3. The van der Waals surface area contributed by atoms with Gasteiger partial charge in [0.1, 0.15) is 29.7 Å². The van der Waals surface area contributed by atoms with Gasteiger partial charge in [-0.3, -0.25) is 18.9 Å². The van der Waals surface area contributed by atoms with Gasteiger partial charge in [0.15, 0.2) is 17.5 Å². The lowest BCUT2D eigenvalue weighted by atomic mass is 9.84. The van der Waals surface area contributed by atoms with E-state index in [0.29, 0.717) is 16.7 Å². The van der Waals surface area contributed by atoms with Crippen LogP contribution in [0.3, 0.4) is 0 Å². The van der Waals surface area contributed by atoms with Crippen LogP contribution in [-0.2, 0) is 40.3 Å². The fourth-order valence-electron chi connectivity index (χ4n) is 4.79. The van der Waals surface area contributed by atoms with E-state index < -0.39 is 39.8 Å². The van der Waals surface area contributed by atoms with Crippen molar-refractivity contribution < 1.29 is 46.3 Å². The van der Waals surface area contributed by atoms with Gasteiger partial charge in [-0.1, -0.05) is 5.16 Å². The molecule has 3 aromatic rings. The van der Waals surface area contributed by atoms with E-state index in [1.165, 1.54) is 19.2 Å². The van der Waals surface area contributed by atoms with Crippen molar-refractivity contribution >= 4 is 56.0 Å². The number of hydrogen-bond donors (Lipinski definition) is 4. The molecule has 0 spiro atoms. The number of imidazole rings is 1. The molecule has 2 fully saturated rings. The number of oxime groups is 1. The Hall–Kier alpha value is -4.37. The Kier molecular flexibility index (Phi) is 10.5. The van der Waals surface area contributed by atoms with Crippen LogP contribution < -0.4 is 15.8 Å². The lowest BCUT2D eigenvalue weighted by Gasteiger charge is -2.50. The molecule has 18 nitrogen and oxygen atoms in total. The molecule has 2 aliphatic heterocycles. The third-order valence-corrected chi connectivity index (χ3v) is 7.82. The number of aliphatic carboxylic acids is 1. The summed E-state index contributed by atoms with van der Waals surface area (Å²) in [4.78, 5) is 50.8. The van der Waals surface area contributed by atoms with Gasteiger partial charge in [0, 0.05) is 31.6 Å². The van der Waals surface area contributed by atoms with E-state index in [2.05, 4.69) is 36.7 Å². The Bertz CT molecular complexity index is 1730. The molecule has 20 heteroatoms. The molecule has 5 N–H and O–H groups in total. The number of aromatic nitrogens is 3. The van der Waals surface area contributed by atoms with Crippen LogP contribution >= 0.6 is 11.3 Å². The number of hydroxylamine groups is 2. The number of rotatable bonds is 12. The van der Waals surface area contributed by atoms with Crippen molar-refractivity contribution in [2.24, 2.45) is 11.1 Å². The molecule has 0 bridgehead atoms. The molecule has 2 aliphatic rings. The number of β-lactam (4-membered cyclic amide) rings is 1. The first-order valence-electron chi connectivity index (χ1n) is 13.7. The monoisotopic (exact) mass is 682 g/mol. The average molecular weight is 683 g/mol. The van der Waals surface area contributed by atoms with Crippen molar-refractivity contribution in [3.63, 3.8) is 0 Å². The average Bonchev–Trinajstić information content (AvgIpc) is 3.55. The summed E-state index contributed by atoms with van der Waals surface area (Å²) in [5, 5.41) is 15.9. The zero-order chi connectivity index (χ0) is 33.8. The number of carboxylic acids is 1. The predicted octanol–water partition coefficient (Wildman–Crippen LogP) is 0.208. The minimum Gasteiger partial charge on any atom is -0.488 e. The number of carbonyl (C=O) groups is 3. The number of nitrogen functional groups attached to an aromatic ring is 1. The number of anilines is 1. The van der Waals surface area contributed by atoms with Gasteiger partial charge >= 0.3 is 10.4 Å². The van der Waals surface area contributed by atoms with Crippen LogP contribution in [0.25, 0.3) is 5.65 Å². The second-order valence-corrected chi connectivity index (χ2v) is 13.0. The van der Waals surface area contributed by atoms with Gasteiger partial charge in [-0.05, 0) is 45.4 Å². The molecule has 0 radical (unpaired) electrons. The minimum absolute atomic E-state index is 0.0252. The highest BCUT2D eigenvalue weighted by atomic mass is 32.3. The van der Waals surface area contributed by atoms with E-state index in [1.807, 2.05) is 22.9 Å². The molecule has 3 aromatic heterocycles. The van der Waals surface area contributed by atoms with Crippen molar-refractivity contribution in [1.82, 2.24) is 29.6 Å². The summed E-state index contributed by atoms with van der Waals surface area (Å²) < 4.78 is 43.0. The smallest absolute Gasteiger partial charge is 0.418 e. The molecule has 2 saturated heterocycles. The van der Waals surface area contributed by atoms with Crippen LogP contribution in [0.15, 0.2) is 35.1 Å². The number of carbonyl (C=O) groups excluding carboxylic acids is 2. The molecule has 5 rings (SSSR count). The van der Waals surface area contributed by atoms with Crippen LogP contribution in [0.1, 0.15) is 32.2 Å². The topological polar surface area (TPSA) is 241 Å². The van der Waals surface area contributed by atoms with E-state index in [1.54, 1.807) is 6.07 Å². The van der Waals surface area contributed by atoms with Crippen molar-refractivity contribution in [2.45, 2.75) is 38.8 Å². The number of ether oxygens (including phenoxy) is 1. The lowest BCUT2D eigenvalue weighted by molar-refractivity contribution is -0.218. The normalized spacial score (nSPS) is 18.3. The number of thiazole rings is 1. The Morgan fingerprint density at radius 1 is 1.22 bits per heavy atom. The minimum atomic E-state index is -4.94. The fourth-order valence-corrected chi connectivity index (χ4v) is 5.79. The molecule has 46 heavy (non-hydrogen) atoms. The maximum absolute atomic E-state index is 13.1. The van der Waals surface area contributed by atoms with Crippen LogP contribution in [0.2, 0.25) is 0 Å². The Labute approximate surface area is 267 Å². The molecule has 0 aromatic carbocycles. The molecular weight excluding hydrogens is 648 g/mol. The lowest BCUT2D eigenvalue weighted by Crippen LogP contribution is -2.76. The standard InChI is InChI=1S/C24H30N8O8S2.C2H4O2/c1-24(2)20(22(34)32(24)40-42(35,36)37)28-21(33)19(17-13-41-23(25)27-17)29-39-7-6-38-16-4-5-18-26-15(11-31(18)12-16)8-14-9-30(3)10-14;1-2(3)4/h4-5,11-14,20H,6-10H2,1-3H3,(H2,25,27)(H,28,33)(H,35,36,37);1H3,(H,3,4)/b29-19-;. The SMILES string of the molecule is CC(=O)O.CN1CC(Cc2cn3cc(OCCO/N=C(\C(=O)NC4C(=O)N(OS(=O)(=O)O)C4(C)C)c4csc(N)n4)ccc3n2)C1. The van der Waals surface area contributed by atoms with Gasteiger partial charge < -0.3 is 35.0 Å². The molecular formula is C26H34N8O10S2. The summed E-state index contributed by atoms with van der Waals surface area (Å²) in [6.45, 7) is 6.18. The number of nitrogens with two attached hydrogens (primary N) is 1. The summed E-state index contributed by atoms with van der Waals surface area (Å²) in [7, 11) is -2.84. The van der Waals surface area contributed by atoms with Crippen molar-refractivity contribution in [3.05, 3.63) is 41.3 Å². The quantitative estimate of drug-likeness (QED) is 0.0657.